The molecular formula is C13H13N7O4S. The number of nitrogens with two attached hydrogens (primary N) is 1. The first kappa shape index (κ1) is 16.7. The van der Waals surface area contributed by atoms with E-state index in [2.05, 4.69) is 20.1 Å². The number of benzene rings is 1. The van der Waals surface area contributed by atoms with E-state index in [1.165, 1.54) is 6.07 Å². The number of hydrogen-bond acceptors (Lipinski definition) is 9. The van der Waals surface area contributed by atoms with Gasteiger partial charge in [0.05, 0.1) is 4.92 Å². The van der Waals surface area contributed by atoms with Crippen LogP contribution in [0, 0.1) is 24.0 Å². The molecular weight excluding hydrogens is 350 g/mol. The van der Waals surface area contributed by atoms with E-state index in [0.29, 0.717) is 16.7 Å². The third-order valence-corrected chi connectivity index (χ3v) is 4.37. The number of anilines is 1. The lowest BCUT2D eigenvalue weighted by Gasteiger charge is -2.04. The molecule has 11 nitrogen and oxygen atoms in total. The van der Waals surface area contributed by atoms with Crippen LogP contribution in [0.3, 0.4) is 0 Å². The fraction of sp³-hybridized carbons (Fsp3) is 0.231. The molecule has 0 unspecified atom stereocenters. The first-order valence-corrected chi connectivity index (χ1v) is 8.83. The molecule has 3 rings (SSSR count). The Kier molecular flexibility index (Phi) is 3.64. The Bertz CT molecular complexity index is 1140. The molecule has 0 radical (unpaired) electrons. The smallest absolute Gasteiger partial charge is 0.273 e. The SMILES string of the molecule is Cc1cc(C)c([N+](=O)[O-])cc1-c1nc2nc(S(C)(=O)=O)nc(N)n2n1. The zero-order valence-corrected chi connectivity index (χ0v) is 14.3. The Morgan fingerprint density at radius 2 is 1.84 bits per heavy atom. The highest BCUT2D eigenvalue weighted by Crippen LogP contribution is 2.29. The second kappa shape index (κ2) is 5.44. The number of aromatic nitrogens is 5. The van der Waals surface area contributed by atoms with Crippen LogP contribution in [0.5, 0.6) is 0 Å². The Morgan fingerprint density at radius 1 is 1.16 bits per heavy atom. The molecule has 3 aromatic rings. The molecule has 0 fully saturated rings. The quantitative estimate of drug-likeness (QED) is 0.521. The topological polar surface area (TPSA) is 159 Å². The molecule has 2 heterocycles. The molecule has 0 spiro atoms. The summed E-state index contributed by atoms with van der Waals surface area (Å²) in [6.45, 7) is 3.39. The van der Waals surface area contributed by atoms with Crippen molar-refractivity contribution >= 4 is 27.3 Å². The van der Waals surface area contributed by atoms with Crippen molar-refractivity contribution < 1.29 is 13.3 Å². The van der Waals surface area contributed by atoms with Gasteiger partial charge in [-0.25, -0.2) is 8.42 Å². The molecule has 1 aromatic carbocycles. The van der Waals surface area contributed by atoms with Crippen molar-refractivity contribution in [3.63, 3.8) is 0 Å². The summed E-state index contributed by atoms with van der Waals surface area (Å²) < 4.78 is 24.3. The average molecular weight is 363 g/mol. The normalized spacial score (nSPS) is 11.8. The second-order valence-electron chi connectivity index (χ2n) is 5.49. The van der Waals surface area contributed by atoms with E-state index < -0.39 is 19.9 Å². The molecule has 0 aliphatic heterocycles. The van der Waals surface area contributed by atoms with E-state index in [9.17, 15) is 18.5 Å². The summed E-state index contributed by atoms with van der Waals surface area (Å²) in [7, 11) is -3.68. The van der Waals surface area contributed by atoms with Gasteiger partial charge in [-0.15, -0.1) is 5.10 Å². The number of hydrogen-bond donors (Lipinski definition) is 1. The minimum absolute atomic E-state index is 0.0643. The van der Waals surface area contributed by atoms with Crippen LogP contribution in [0.2, 0.25) is 0 Å². The van der Waals surface area contributed by atoms with Crippen LogP contribution in [0.4, 0.5) is 11.6 Å². The molecule has 130 valence electrons. The van der Waals surface area contributed by atoms with Crippen molar-refractivity contribution in [3.8, 4) is 11.4 Å². The summed E-state index contributed by atoms with van der Waals surface area (Å²) in [5, 5.41) is 14.8. The highest BCUT2D eigenvalue weighted by atomic mass is 32.2. The first-order valence-electron chi connectivity index (χ1n) is 6.94. The van der Waals surface area contributed by atoms with Gasteiger partial charge < -0.3 is 5.73 Å². The van der Waals surface area contributed by atoms with E-state index in [4.69, 9.17) is 5.73 Å². The molecule has 2 N–H and O–H groups in total. The van der Waals surface area contributed by atoms with Gasteiger partial charge in [0, 0.05) is 23.4 Å². The molecule has 0 atom stereocenters. The van der Waals surface area contributed by atoms with Crippen LogP contribution in [-0.4, -0.2) is 44.2 Å². The maximum absolute atomic E-state index is 11.6. The van der Waals surface area contributed by atoms with E-state index in [1.807, 2.05) is 0 Å². The average Bonchev–Trinajstić information content (AvgIpc) is 2.90. The number of nitro benzene ring substituents is 1. The fourth-order valence-electron chi connectivity index (χ4n) is 2.34. The number of nitrogens with zero attached hydrogens (tertiary/aromatic N) is 6. The van der Waals surface area contributed by atoms with Crippen molar-refractivity contribution in [3.05, 3.63) is 33.4 Å². The van der Waals surface area contributed by atoms with Crippen molar-refractivity contribution in [2.75, 3.05) is 12.0 Å². The zero-order valence-electron chi connectivity index (χ0n) is 13.5. The predicted molar refractivity (Wildman–Crippen MR) is 87.7 cm³/mol. The molecule has 25 heavy (non-hydrogen) atoms. The Balaban J connectivity index is 2.26. The molecule has 0 amide bonds. The number of aryl methyl sites for hydroxylation is 2. The van der Waals surface area contributed by atoms with Gasteiger partial charge in [0.25, 0.3) is 16.6 Å². The predicted octanol–water partition coefficient (Wildman–Crippen LogP) is 0.697. The van der Waals surface area contributed by atoms with E-state index in [0.717, 1.165) is 10.8 Å². The number of nitro groups is 1. The fourth-order valence-corrected chi connectivity index (χ4v) is 2.85. The first-order chi connectivity index (χ1) is 11.6. The maximum atomic E-state index is 11.6. The molecule has 0 saturated carbocycles. The van der Waals surface area contributed by atoms with Crippen LogP contribution in [-0.2, 0) is 9.84 Å². The second-order valence-corrected chi connectivity index (χ2v) is 7.40. The summed E-state index contributed by atoms with van der Waals surface area (Å²) in [6.07, 6.45) is 0.947. The van der Waals surface area contributed by atoms with Gasteiger partial charge in [-0.1, -0.05) is 0 Å². The minimum atomic E-state index is -3.68. The Morgan fingerprint density at radius 3 is 2.44 bits per heavy atom. The van der Waals surface area contributed by atoms with Crippen LogP contribution in [0.15, 0.2) is 17.3 Å². The minimum Gasteiger partial charge on any atom is -0.368 e. The van der Waals surface area contributed by atoms with E-state index in [-0.39, 0.29) is 23.2 Å². The molecule has 0 aliphatic rings. The highest BCUT2D eigenvalue weighted by molar-refractivity contribution is 7.90. The van der Waals surface area contributed by atoms with Crippen LogP contribution in [0.25, 0.3) is 17.2 Å². The Hall–Kier alpha value is -3.15. The number of fused-ring (bicyclic) bond motifs is 1. The lowest BCUT2D eigenvalue weighted by Crippen LogP contribution is -2.11. The maximum Gasteiger partial charge on any atom is 0.273 e. The van der Waals surface area contributed by atoms with Crippen molar-refractivity contribution in [1.29, 1.82) is 0 Å². The lowest BCUT2D eigenvalue weighted by atomic mass is 10.0. The van der Waals surface area contributed by atoms with Crippen molar-refractivity contribution in [2.45, 2.75) is 19.0 Å². The molecule has 12 heteroatoms. The standard InChI is InChI=1S/C13H13N7O4S/c1-6-4-7(2)9(20(21)22)5-8(6)10-15-12-17-13(25(3,23)24)16-11(14)19(12)18-10/h4-5H,1-3H3,(H2,14,15,16,17,18). The molecule has 0 saturated heterocycles. The summed E-state index contributed by atoms with van der Waals surface area (Å²) in [4.78, 5) is 22.3. The van der Waals surface area contributed by atoms with Gasteiger partial charge >= 0.3 is 0 Å². The van der Waals surface area contributed by atoms with E-state index in [1.54, 1.807) is 19.9 Å². The largest absolute Gasteiger partial charge is 0.368 e. The van der Waals surface area contributed by atoms with Gasteiger partial charge in [-0.2, -0.15) is 19.5 Å². The van der Waals surface area contributed by atoms with Crippen LogP contribution >= 0.6 is 0 Å². The van der Waals surface area contributed by atoms with Gasteiger partial charge in [-0.3, -0.25) is 10.1 Å². The zero-order chi connectivity index (χ0) is 18.5. The number of sulfone groups is 1. The van der Waals surface area contributed by atoms with Crippen molar-refractivity contribution in [2.24, 2.45) is 0 Å². The highest BCUT2D eigenvalue weighted by Gasteiger charge is 2.20. The summed E-state index contributed by atoms with van der Waals surface area (Å²) in [5.41, 5.74) is 7.29. The van der Waals surface area contributed by atoms with Gasteiger partial charge in [0.15, 0.2) is 5.82 Å². The van der Waals surface area contributed by atoms with Crippen LogP contribution in [0.1, 0.15) is 11.1 Å². The van der Waals surface area contributed by atoms with Gasteiger partial charge in [0.2, 0.25) is 15.8 Å². The molecule has 2 aromatic heterocycles. The lowest BCUT2D eigenvalue weighted by molar-refractivity contribution is -0.385. The van der Waals surface area contributed by atoms with Crippen molar-refractivity contribution in [1.82, 2.24) is 24.6 Å². The third-order valence-electron chi connectivity index (χ3n) is 3.53. The Labute approximate surface area is 141 Å². The van der Waals surface area contributed by atoms with Crippen LogP contribution < -0.4 is 5.73 Å². The third kappa shape index (κ3) is 2.87. The summed E-state index contributed by atoms with van der Waals surface area (Å²) in [6, 6.07) is 3.01. The number of rotatable bonds is 3. The molecule has 0 aliphatic carbocycles. The molecule has 0 bridgehead atoms. The van der Waals surface area contributed by atoms with Gasteiger partial charge in [-0.05, 0) is 25.5 Å². The van der Waals surface area contributed by atoms with E-state index >= 15 is 0 Å². The monoisotopic (exact) mass is 363 g/mol. The summed E-state index contributed by atoms with van der Waals surface area (Å²) in [5.74, 6) is -0.138. The summed E-state index contributed by atoms with van der Waals surface area (Å²) >= 11 is 0. The number of nitrogen functional groups attached to an aromatic ring is 1. The van der Waals surface area contributed by atoms with Gasteiger partial charge in [0.1, 0.15) is 0 Å².